The molecule has 0 heterocycles. The molecule has 0 saturated carbocycles. The van der Waals surface area contributed by atoms with Gasteiger partial charge in [-0.25, -0.2) is 13.1 Å². The molecule has 0 amide bonds. The average Bonchev–Trinajstić information content (AvgIpc) is 2.35. The summed E-state index contributed by atoms with van der Waals surface area (Å²) in [7, 11) is -0.275. The van der Waals surface area contributed by atoms with Gasteiger partial charge in [-0.1, -0.05) is 0 Å². The molecule has 0 fully saturated rings. The van der Waals surface area contributed by atoms with Crippen LogP contribution in [0.25, 0.3) is 0 Å². The van der Waals surface area contributed by atoms with Gasteiger partial charge in [0.15, 0.2) is 0 Å². The molecule has 4 N–H and O–H groups in total. The highest BCUT2D eigenvalue weighted by molar-refractivity contribution is 7.89. The number of benzene rings is 1. The van der Waals surface area contributed by atoms with Gasteiger partial charge in [0.05, 0.1) is 22.4 Å². The maximum absolute atomic E-state index is 11.6. The highest BCUT2D eigenvalue weighted by atomic mass is 32.2. The Kier molecular flexibility index (Phi) is 5.16. The van der Waals surface area contributed by atoms with E-state index in [0.717, 1.165) is 5.69 Å². The number of hydrogen-bond donors (Lipinski definition) is 3. The molecule has 19 heavy (non-hydrogen) atoms. The van der Waals surface area contributed by atoms with Crippen molar-refractivity contribution in [3.05, 3.63) is 18.2 Å². The van der Waals surface area contributed by atoms with Crippen LogP contribution in [0.4, 0.5) is 11.4 Å². The molecular weight excluding hydrogens is 266 g/mol. The van der Waals surface area contributed by atoms with Crippen LogP contribution in [0, 0.1) is 0 Å². The standard InChI is InChI=1S/C12H21N3O3S/c1-9(16)6-7-15(3)12-5-4-10(8-11(12)13)19(17,18)14-2/h4-5,8-9,14,16H,6-7,13H2,1-3H3. The van der Waals surface area contributed by atoms with Crippen LogP contribution in [0.15, 0.2) is 23.1 Å². The first kappa shape index (κ1) is 15.7. The number of rotatable bonds is 6. The van der Waals surface area contributed by atoms with Crippen LogP contribution in [-0.2, 0) is 10.0 Å². The maximum Gasteiger partial charge on any atom is 0.240 e. The SMILES string of the molecule is CNS(=O)(=O)c1ccc(N(C)CCC(C)O)c(N)c1. The Morgan fingerprint density at radius 1 is 1.47 bits per heavy atom. The fourth-order valence-corrected chi connectivity index (χ4v) is 2.43. The Balaban J connectivity index is 2.95. The molecule has 0 aliphatic rings. The molecule has 1 unspecified atom stereocenters. The van der Waals surface area contributed by atoms with Crippen molar-refractivity contribution in [1.82, 2.24) is 4.72 Å². The van der Waals surface area contributed by atoms with Crippen molar-refractivity contribution in [3.8, 4) is 0 Å². The van der Waals surface area contributed by atoms with E-state index in [2.05, 4.69) is 4.72 Å². The largest absolute Gasteiger partial charge is 0.397 e. The zero-order chi connectivity index (χ0) is 14.6. The van der Waals surface area contributed by atoms with E-state index in [0.29, 0.717) is 18.7 Å². The van der Waals surface area contributed by atoms with Crippen molar-refractivity contribution in [2.75, 3.05) is 31.3 Å². The van der Waals surface area contributed by atoms with E-state index >= 15 is 0 Å². The predicted molar refractivity (Wildman–Crippen MR) is 76.7 cm³/mol. The summed E-state index contributed by atoms with van der Waals surface area (Å²) in [4.78, 5) is 2.03. The summed E-state index contributed by atoms with van der Waals surface area (Å²) < 4.78 is 25.5. The van der Waals surface area contributed by atoms with Crippen LogP contribution in [0.2, 0.25) is 0 Å². The summed E-state index contributed by atoms with van der Waals surface area (Å²) in [5.74, 6) is 0. The minimum Gasteiger partial charge on any atom is -0.397 e. The van der Waals surface area contributed by atoms with Crippen molar-refractivity contribution < 1.29 is 13.5 Å². The smallest absolute Gasteiger partial charge is 0.240 e. The summed E-state index contributed by atoms with van der Waals surface area (Å²) in [5, 5.41) is 9.25. The summed E-state index contributed by atoms with van der Waals surface area (Å²) in [6.07, 6.45) is 0.236. The fourth-order valence-electron chi connectivity index (χ4n) is 1.67. The van der Waals surface area contributed by atoms with Crippen LogP contribution < -0.4 is 15.4 Å². The van der Waals surface area contributed by atoms with Crippen LogP contribution in [0.3, 0.4) is 0 Å². The van der Waals surface area contributed by atoms with Crippen molar-refractivity contribution in [2.45, 2.75) is 24.3 Å². The zero-order valence-corrected chi connectivity index (χ0v) is 12.2. The molecule has 0 spiro atoms. The second kappa shape index (κ2) is 6.23. The molecule has 1 aromatic rings. The lowest BCUT2D eigenvalue weighted by atomic mass is 10.2. The molecule has 6 nitrogen and oxygen atoms in total. The number of aliphatic hydroxyl groups is 1. The Hall–Kier alpha value is -1.31. The van der Waals surface area contributed by atoms with Gasteiger partial charge in [-0.2, -0.15) is 0 Å². The molecule has 0 aliphatic heterocycles. The lowest BCUT2D eigenvalue weighted by Gasteiger charge is -2.22. The van der Waals surface area contributed by atoms with Crippen molar-refractivity contribution in [2.24, 2.45) is 0 Å². The Morgan fingerprint density at radius 2 is 2.11 bits per heavy atom. The number of aliphatic hydroxyl groups excluding tert-OH is 1. The minimum atomic E-state index is -3.48. The van der Waals surface area contributed by atoms with Crippen LogP contribution in [-0.4, -0.2) is 40.3 Å². The van der Waals surface area contributed by atoms with Crippen LogP contribution >= 0.6 is 0 Å². The molecule has 0 saturated heterocycles. The van der Waals surface area contributed by atoms with E-state index in [9.17, 15) is 13.5 Å². The number of anilines is 2. The molecule has 0 radical (unpaired) electrons. The first-order valence-electron chi connectivity index (χ1n) is 6.00. The molecular formula is C12H21N3O3S. The van der Waals surface area contributed by atoms with Crippen LogP contribution in [0.1, 0.15) is 13.3 Å². The summed E-state index contributed by atoms with van der Waals surface area (Å²) >= 11 is 0. The van der Waals surface area contributed by atoms with Gasteiger partial charge >= 0.3 is 0 Å². The second-order valence-electron chi connectivity index (χ2n) is 4.49. The van der Waals surface area contributed by atoms with Gasteiger partial charge < -0.3 is 15.7 Å². The molecule has 0 bridgehead atoms. The Labute approximate surface area is 114 Å². The van der Waals surface area contributed by atoms with Gasteiger partial charge in [0.1, 0.15) is 0 Å². The van der Waals surface area contributed by atoms with Gasteiger partial charge in [0.25, 0.3) is 0 Å². The quantitative estimate of drug-likeness (QED) is 0.658. The number of nitrogens with two attached hydrogens (primary N) is 1. The fraction of sp³-hybridized carbons (Fsp3) is 0.500. The summed E-state index contributed by atoms with van der Waals surface area (Å²) in [6, 6.07) is 4.61. The van der Waals surface area contributed by atoms with Crippen molar-refractivity contribution in [3.63, 3.8) is 0 Å². The topological polar surface area (TPSA) is 95.7 Å². The third-order valence-electron chi connectivity index (χ3n) is 2.87. The number of sulfonamides is 1. The highest BCUT2D eigenvalue weighted by Crippen LogP contribution is 2.25. The molecule has 0 aliphatic carbocycles. The Morgan fingerprint density at radius 3 is 2.58 bits per heavy atom. The van der Waals surface area contributed by atoms with Gasteiger partial charge in [-0.15, -0.1) is 0 Å². The van der Waals surface area contributed by atoms with Crippen LogP contribution in [0.5, 0.6) is 0 Å². The summed E-state index contributed by atoms with van der Waals surface area (Å²) in [5.41, 5.74) is 7.02. The van der Waals surface area contributed by atoms with E-state index in [1.54, 1.807) is 13.0 Å². The minimum absolute atomic E-state index is 0.139. The molecule has 1 aromatic carbocycles. The lowest BCUT2D eigenvalue weighted by molar-refractivity contribution is 0.187. The van der Waals surface area contributed by atoms with E-state index < -0.39 is 10.0 Å². The highest BCUT2D eigenvalue weighted by Gasteiger charge is 2.14. The maximum atomic E-state index is 11.6. The van der Waals surface area contributed by atoms with E-state index in [4.69, 9.17) is 5.73 Å². The Bertz CT molecular complexity index is 529. The first-order chi connectivity index (χ1) is 8.77. The number of hydrogen-bond acceptors (Lipinski definition) is 5. The molecule has 7 heteroatoms. The number of nitrogens with one attached hydrogen (secondary N) is 1. The lowest BCUT2D eigenvalue weighted by Crippen LogP contribution is -2.23. The van der Waals surface area contributed by atoms with E-state index in [1.807, 2.05) is 11.9 Å². The monoisotopic (exact) mass is 287 g/mol. The number of nitrogen functional groups attached to an aromatic ring is 1. The predicted octanol–water partition coefficient (Wildman–Crippen LogP) is 0.384. The van der Waals surface area contributed by atoms with Crippen molar-refractivity contribution >= 4 is 21.4 Å². The molecule has 1 rings (SSSR count). The summed E-state index contributed by atoms with van der Waals surface area (Å²) in [6.45, 7) is 2.36. The second-order valence-corrected chi connectivity index (χ2v) is 6.37. The van der Waals surface area contributed by atoms with Gasteiger partial charge in [-0.3, -0.25) is 0 Å². The zero-order valence-electron chi connectivity index (χ0n) is 11.4. The normalized spacial score (nSPS) is 13.3. The molecule has 108 valence electrons. The molecule has 0 aromatic heterocycles. The van der Waals surface area contributed by atoms with E-state index in [1.165, 1.54) is 19.2 Å². The third kappa shape index (κ3) is 4.09. The van der Waals surface area contributed by atoms with Crippen molar-refractivity contribution in [1.29, 1.82) is 0 Å². The first-order valence-corrected chi connectivity index (χ1v) is 7.48. The van der Waals surface area contributed by atoms with Gasteiger partial charge in [0, 0.05) is 13.6 Å². The molecule has 1 atom stereocenters. The average molecular weight is 287 g/mol. The van der Waals surface area contributed by atoms with E-state index in [-0.39, 0.29) is 11.0 Å². The number of nitrogens with zero attached hydrogens (tertiary/aromatic N) is 1. The van der Waals surface area contributed by atoms with Gasteiger partial charge in [0.2, 0.25) is 10.0 Å². The third-order valence-corrected chi connectivity index (χ3v) is 4.28. The van der Waals surface area contributed by atoms with Gasteiger partial charge in [-0.05, 0) is 38.6 Å².